The van der Waals surface area contributed by atoms with Gasteiger partial charge in [0, 0.05) is 25.4 Å². The van der Waals surface area contributed by atoms with Gasteiger partial charge < -0.3 is 15.0 Å². The summed E-state index contributed by atoms with van der Waals surface area (Å²) in [5.74, 6) is 0.149. The second kappa shape index (κ2) is 8.18. The minimum atomic E-state index is -0.663. The van der Waals surface area contributed by atoms with Crippen LogP contribution < -0.4 is 5.32 Å². The van der Waals surface area contributed by atoms with Crippen LogP contribution in [0.3, 0.4) is 0 Å². The SMILES string of the molecule is N#CC1(NC(=O)C(CC(=O)N2CCOCC2)CC2CCCCC2)CC1. The number of nitrogens with one attached hydrogen (secondary N) is 1. The molecule has 0 aromatic heterocycles. The van der Waals surface area contributed by atoms with E-state index in [9.17, 15) is 14.9 Å². The predicted molar refractivity (Wildman–Crippen MR) is 92.4 cm³/mol. The lowest BCUT2D eigenvalue weighted by Gasteiger charge is -2.30. The fourth-order valence-corrected chi connectivity index (χ4v) is 3.99. The molecule has 138 valence electrons. The third-order valence-corrected chi connectivity index (χ3v) is 5.82. The highest BCUT2D eigenvalue weighted by Gasteiger charge is 2.46. The summed E-state index contributed by atoms with van der Waals surface area (Å²) >= 11 is 0. The topological polar surface area (TPSA) is 82.4 Å². The molecule has 2 saturated carbocycles. The lowest BCUT2D eigenvalue weighted by Crippen LogP contribution is -2.45. The molecule has 2 aliphatic carbocycles. The molecule has 1 heterocycles. The fraction of sp³-hybridized carbons (Fsp3) is 0.842. The Hall–Kier alpha value is -1.61. The summed E-state index contributed by atoms with van der Waals surface area (Å²) in [5.41, 5.74) is -0.663. The molecule has 0 radical (unpaired) electrons. The van der Waals surface area contributed by atoms with E-state index in [2.05, 4.69) is 11.4 Å². The maximum atomic E-state index is 12.8. The zero-order valence-electron chi connectivity index (χ0n) is 15.0. The molecule has 0 bridgehead atoms. The van der Waals surface area contributed by atoms with Gasteiger partial charge in [0.1, 0.15) is 5.54 Å². The zero-order chi connectivity index (χ0) is 17.7. The van der Waals surface area contributed by atoms with Crippen LogP contribution in [0.2, 0.25) is 0 Å². The number of hydrogen-bond donors (Lipinski definition) is 1. The molecule has 1 N–H and O–H groups in total. The van der Waals surface area contributed by atoms with Gasteiger partial charge in [-0.2, -0.15) is 5.26 Å². The summed E-state index contributed by atoms with van der Waals surface area (Å²) in [6.45, 7) is 2.36. The third kappa shape index (κ3) is 4.94. The molecule has 6 heteroatoms. The van der Waals surface area contributed by atoms with Crippen molar-refractivity contribution >= 4 is 11.8 Å². The molecule has 1 atom stereocenters. The highest BCUT2D eigenvalue weighted by molar-refractivity contribution is 5.86. The second-order valence-corrected chi connectivity index (χ2v) is 7.82. The highest BCUT2D eigenvalue weighted by Crippen LogP contribution is 2.36. The Balaban J connectivity index is 1.61. The number of rotatable bonds is 6. The summed E-state index contributed by atoms with van der Waals surface area (Å²) in [5, 5.41) is 12.2. The van der Waals surface area contributed by atoms with Crippen molar-refractivity contribution in [2.45, 2.75) is 63.3 Å². The van der Waals surface area contributed by atoms with Gasteiger partial charge in [0.05, 0.1) is 19.3 Å². The Bertz CT molecular complexity index is 527. The molecule has 0 aromatic carbocycles. The number of nitriles is 1. The van der Waals surface area contributed by atoms with Crippen LogP contribution in [0.15, 0.2) is 0 Å². The van der Waals surface area contributed by atoms with Gasteiger partial charge in [-0.25, -0.2) is 0 Å². The first-order valence-corrected chi connectivity index (χ1v) is 9.71. The number of ether oxygens (including phenoxy) is 1. The standard InChI is InChI=1S/C19H29N3O3/c20-14-19(6-7-19)21-18(24)16(12-15-4-2-1-3-5-15)13-17(23)22-8-10-25-11-9-22/h15-16H,1-13H2,(H,21,24). The molecule has 0 aromatic rings. The molecule has 3 aliphatic rings. The van der Waals surface area contributed by atoms with Crippen molar-refractivity contribution in [1.82, 2.24) is 10.2 Å². The highest BCUT2D eigenvalue weighted by atomic mass is 16.5. The van der Waals surface area contributed by atoms with Crippen LogP contribution in [0.4, 0.5) is 0 Å². The Morgan fingerprint density at radius 2 is 1.88 bits per heavy atom. The van der Waals surface area contributed by atoms with Crippen LogP contribution >= 0.6 is 0 Å². The van der Waals surface area contributed by atoms with Gasteiger partial charge in [0.15, 0.2) is 0 Å². The van der Waals surface area contributed by atoms with Gasteiger partial charge in [-0.3, -0.25) is 9.59 Å². The van der Waals surface area contributed by atoms with Crippen LogP contribution in [-0.2, 0) is 14.3 Å². The summed E-state index contributed by atoms with van der Waals surface area (Å²) < 4.78 is 5.30. The summed E-state index contributed by atoms with van der Waals surface area (Å²) in [6, 6.07) is 2.21. The van der Waals surface area contributed by atoms with E-state index in [0.717, 1.165) is 32.1 Å². The number of morpholine rings is 1. The average molecular weight is 347 g/mol. The number of nitrogens with zero attached hydrogens (tertiary/aromatic N) is 2. The first-order valence-electron chi connectivity index (χ1n) is 9.71. The van der Waals surface area contributed by atoms with Crippen molar-refractivity contribution in [1.29, 1.82) is 5.26 Å². The van der Waals surface area contributed by atoms with Crippen LogP contribution in [-0.4, -0.2) is 48.6 Å². The Labute approximate surface area is 149 Å². The Kier molecular flexibility index (Phi) is 5.95. The van der Waals surface area contributed by atoms with E-state index in [0.29, 0.717) is 32.2 Å². The van der Waals surface area contributed by atoms with Gasteiger partial charge in [-0.15, -0.1) is 0 Å². The Morgan fingerprint density at radius 3 is 2.48 bits per heavy atom. The van der Waals surface area contributed by atoms with E-state index < -0.39 is 5.54 Å². The number of hydrogen-bond acceptors (Lipinski definition) is 4. The maximum absolute atomic E-state index is 12.8. The fourth-order valence-electron chi connectivity index (χ4n) is 3.99. The van der Waals surface area contributed by atoms with Gasteiger partial charge in [0.2, 0.25) is 11.8 Å². The average Bonchev–Trinajstić information content (AvgIpc) is 3.42. The van der Waals surface area contributed by atoms with Gasteiger partial charge >= 0.3 is 0 Å². The summed E-state index contributed by atoms with van der Waals surface area (Å²) in [4.78, 5) is 27.2. The summed E-state index contributed by atoms with van der Waals surface area (Å²) in [7, 11) is 0. The van der Waals surface area contributed by atoms with E-state index in [1.807, 2.05) is 4.90 Å². The van der Waals surface area contributed by atoms with Crippen molar-refractivity contribution < 1.29 is 14.3 Å². The van der Waals surface area contributed by atoms with E-state index in [1.165, 1.54) is 19.3 Å². The zero-order valence-corrected chi connectivity index (χ0v) is 15.0. The molecule has 1 aliphatic heterocycles. The monoisotopic (exact) mass is 347 g/mol. The lowest BCUT2D eigenvalue weighted by molar-refractivity contribution is -0.140. The van der Waals surface area contributed by atoms with Gasteiger partial charge in [-0.1, -0.05) is 32.1 Å². The van der Waals surface area contributed by atoms with Crippen molar-refractivity contribution in [3.63, 3.8) is 0 Å². The van der Waals surface area contributed by atoms with E-state index in [4.69, 9.17) is 4.74 Å². The smallest absolute Gasteiger partial charge is 0.224 e. The normalized spacial score (nSPS) is 24.2. The predicted octanol–water partition coefficient (Wildman–Crippen LogP) is 1.99. The van der Waals surface area contributed by atoms with E-state index in [1.54, 1.807) is 0 Å². The van der Waals surface area contributed by atoms with Crippen LogP contribution in [0.1, 0.15) is 57.8 Å². The number of amides is 2. The van der Waals surface area contributed by atoms with Crippen LogP contribution in [0.25, 0.3) is 0 Å². The van der Waals surface area contributed by atoms with Gasteiger partial charge in [-0.05, 0) is 25.2 Å². The minimum absolute atomic E-state index is 0.0427. The molecular formula is C19H29N3O3. The first-order chi connectivity index (χ1) is 12.1. The largest absolute Gasteiger partial charge is 0.378 e. The lowest BCUT2D eigenvalue weighted by atomic mass is 9.81. The maximum Gasteiger partial charge on any atom is 0.224 e. The summed E-state index contributed by atoms with van der Waals surface area (Å²) in [6.07, 6.45) is 8.49. The minimum Gasteiger partial charge on any atom is -0.378 e. The second-order valence-electron chi connectivity index (χ2n) is 7.82. The van der Waals surface area contributed by atoms with Crippen LogP contribution in [0.5, 0.6) is 0 Å². The van der Waals surface area contributed by atoms with E-state index in [-0.39, 0.29) is 24.2 Å². The molecule has 3 rings (SSSR count). The quantitative estimate of drug-likeness (QED) is 0.796. The van der Waals surface area contributed by atoms with Crippen molar-refractivity contribution in [2.24, 2.45) is 11.8 Å². The number of carbonyl (C=O) groups is 2. The van der Waals surface area contributed by atoms with Gasteiger partial charge in [0.25, 0.3) is 0 Å². The molecule has 1 saturated heterocycles. The first kappa shape index (κ1) is 18.2. The van der Waals surface area contributed by atoms with Crippen molar-refractivity contribution in [3.8, 4) is 6.07 Å². The van der Waals surface area contributed by atoms with Crippen molar-refractivity contribution in [2.75, 3.05) is 26.3 Å². The molecule has 2 amide bonds. The molecule has 3 fully saturated rings. The number of carbonyl (C=O) groups excluding carboxylic acids is 2. The molecule has 6 nitrogen and oxygen atoms in total. The molecule has 0 spiro atoms. The molecule has 1 unspecified atom stereocenters. The van der Waals surface area contributed by atoms with Crippen LogP contribution in [0, 0.1) is 23.2 Å². The van der Waals surface area contributed by atoms with E-state index >= 15 is 0 Å². The van der Waals surface area contributed by atoms with Crippen molar-refractivity contribution in [3.05, 3.63) is 0 Å². The Morgan fingerprint density at radius 1 is 1.20 bits per heavy atom. The molecule has 25 heavy (non-hydrogen) atoms. The third-order valence-electron chi connectivity index (χ3n) is 5.82. The molecular weight excluding hydrogens is 318 g/mol.